The molecule has 0 fully saturated rings. The van der Waals surface area contributed by atoms with Crippen LogP contribution in [-0.4, -0.2) is 9.91 Å². The Hall–Kier alpha value is -2.36. The van der Waals surface area contributed by atoms with Gasteiger partial charge in [0.1, 0.15) is 0 Å². The molecule has 1 N–H and O–H groups in total. The third kappa shape index (κ3) is 2.17. The van der Waals surface area contributed by atoms with Crippen molar-refractivity contribution in [2.75, 3.05) is 0 Å². The van der Waals surface area contributed by atoms with Crippen molar-refractivity contribution in [1.82, 2.24) is 4.98 Å². The van der Waals surface area contributed by atoms with Gasteiger partial charge in [-0.1, -0.05) is 30.4 Å². The number of para-hydroxylation sites is 1. The van der Waals surface area contributed by atoms with Gasteiger partial charge in [-0.15, -0.1) is 0 Å². The summed E-state index contributed by atoms with van der Waals surface area (Å²) in [6.45, 7) is 0. The summed E-state index contributed by atoms with van der Waals surface area (Å²) in [5.41, 5.74) is 2.07. The first kappa shape index (κ1) is 10.2. The van der Waals surface area contributed by atoms with Crippen LogP contribution in [0.15, 0.2) is 48.8 Å². The van der Waals surface area contributed by atoms with Crippen LogP contribution in [0.5, 0.6) is 0 Å². The zero-order chi connectivity index (χ0) is 11.4. The van der Waals surface area contributed by atoms with Crippen molar-refractivity contribution in [1.29, 1.82) is 0 Å². The van der Waals surface area contributed by atoms with Crippen molar-refractivity contribution in [2.24, 2.45) is 0 Å². The Bertz CT molecular complexity index is 567. The second kappa shape index (κ2) is 4.44. The van der Waals surface area contributed by atoms with Gasteiger partial charge in [-0.05, 0) is 11.6 Å². The number of fused-ring (bicyclic) bond motifs is 1. The normalized spacial score (nSPS) is 11.8. The van der Waals surface area contributed by atoms with Gasteiger partial charge in [0.05, 0.1) is 4.92 Å². The summed E-state index contributed by atoms with van der Waals surface area (Å²) in [4.78, 5) is 12.7. The van der Waals surface area contributed by atoms with Gasteiger partial charge >= 0.3 is 0 Å². The van der Waals surface area contributed by atoms with E-state index in [0.717, 1.165) is 22.7 Å². The largest absolute Gasteiger partial charge is 0.361 e. The molecule has 0 aliphatic heterocycles. The molecule has 1 aromatic carbocycles. The number of H-pyrrole nitrogens is 1. The average molecular weight is 214 g/mol. The van der Waals surface area contributed by atoms with Crippen molar-refractivity contribution < 1.29 is 4.92 Å². The van der Waals surface area contributed by atoms with E-state index in [0.29, 0.717) is 0 Å². The predicted octanol–water partition coefficient (Wildman–Crippen LogP) is 2.97. The molecule has 0 aliphatic carbocycles. The molecule has 0 spiro atoms. The van der Waals surface area contributed by atoms with E-state index >= 15 is 0 Å². The fourth-order valence-electron chi connectivity index (χ4n) is 1.51. The van der Waals surface area contributed by atoms with E-state index in [4.69, 9.17) is 0 Å². The molecule has 4 heteroatoms. The van der Waals surface area contributed by atoms with Crippen LogP contribution in [0.1, 0.15) is 5.56 Å². The summed E-state index contributed by atoms with van der Waals surface area (Å²) < 4.78 is 0. The Morgan fingerprint density at radius 2 is 2.06 bits per heavy atom. The number of nitrogens with one attached hydrogen (secondary N) is 1. The maximum absolute atomic E-state index is 10.1. The van der Waals surface area contributed by atoms with Gasteiger partial charge < -0.3 is 4.98 Å². The monoisotopic (exact) mass is 214 g/mol. The summed E-state index contributed by atoms with van der Waals surface area (Å²) in [5, 5.41) is 11.2. The van der Waals surface area contributed by atoms with Gasteiger partial charge in [0.25, 0.3) is 0 Å². The summed E-state index contributed by atoms with van der Waals surface area (Å²) in [5.74, 6) is 0. The number of nitro groups is 1. The first-order chi connectivity index (χ1) is 7.77. The second-order valence-corrected chi connectivity index (χ2v) is 3.28. The van der Waals surface area contributed by atoms with Crippen molar-refractivity contribution in [3.8, 4) is 0 Å². The molecule has 0 amide bonds. The van der Waals surface area contributed by atoms with Gasteiger partial charge in [-0.25, -0.2) is 0 Å². The number of hydrogen-bond donors (Lipinski definition) is 1. The average Bonchev–Trinajstić information content (AvgIpc) is 2.68. The van der Waals surface area contributed by atoms with Gasteiger partial charge in [-0.3, -0.25) is 10.1 Å². The van der Waals surface area contributed by atoms with Crippen LogP contribution in [0.2, 0.25) is 0 Å². The number of allylic oxidation sites excluding steroid dienone is 2. The van der Waals surface area contributed by atoms with Crippen LogP contribution in [0, 0.1) is 10.1 Å². The Morgan fingerprint density at radius 3 is 2.88 bits per heavy atom. The van der Waals surface area contributed by atoms with Crippen molar-refractivity contribution >= 4 is 17.0 Å². The van der Waals surface area contributed by atoms with Gasteiger partial charge in [0, 0.05) is 23.2 Å². The summed E-state index contributed by atoms with van der Waals surface area (Å²) in [6.07, 6.45) is 7.67. The molecule has 0 unspecified atom stereocenters. The second-order valence-electron chi connectivity index (χ2n) is 3.28. The Balaban J connectivity index is 2.25. The maximum atomic E-state index is 10.1. The SMILES string of the molecule is O=[N+]([O-])/C=C/C=C/c1c[nH]c2ccccc12. The molecule has 0 radical (unpaired) electrons. The molecule has 16 heavy (non-hydrogen) atoms. The number of aromatic nitrogens is 1. The lowest BCUT2D eigenvalue weighted by Gasteiger charge is -1.89. The standard InChI is InChI=1S/C12H10N2O2/c15-14(16)8-4-3-5-10-9-13-12-7-2-1-6-11(10)12/h1-9,13H/b5-3+,8-4+. The molecule has 80 valence electrons. The zero-order valence-electron chi connectivity index (χ0n) is 8.46. The third-order valence-corrected chi connectivity index (χ3v) is 2.22. The van der Waals surface area contributed by atoms with Crippen LogP contribution < -0.4 is 0 Å². The molecule has 0 saturated carbocycles. The molecule has 1 aromatic heterocycles. The van der Waals surface area contributed by atoms with E-state index in [2.05, 4.69) is 4.98 Å². The predicted molar refractivity (Wildman–Crippen MR) is 63.5 cm³/mol. The van der Waals surface area contributed by atoms with Crippen molar-refractivity contribution in [3.63, 3.8) is 0 Å². The lowest BCUT2D eigenvalue weighted by Crippen LogP contribution is -1.80. The summed E-state index contributed by atoms with van der Waals surface area (Å²) in [6, 6.07) is 7.90. The highest BCUT2D eigenvalue weighted by Gasteiger charge is 1.97. The Labute approximate surface area is 92.1 Å². The molecule has 2 aromatic rings. The fraction of sp³-hybridized carbons (Fsp3) is 0. The quantitative estimate of drug-likeness (QED) is 0.485. The number of aromatic amines is 1. The number of benzene rings is 1. The molecular weight excluding hydrogens is 204 g/mol. The number of nitrogens with zero attached hydrogens (tertiary/aromatic N) is 1. The first-order valence-electron chi connectivity index (χ1n) is 4.82. The maximum Gasteiger partial charge on any atom is 0.234 e. The summed E-state index contributed by atoms with van der Waals surface area (Å²) in [7, 11) is 0. The van der Waals surface area contributed by atoms with E-state index in [-0.39, 0.29) is 0 Å². The van der Waals surface area contributed by atoms with Gasteiger partial charge in [-0.2, -0.15) is 0 Å². The highest BCUT2D eigenvalue weighted by Crippen LogP contribution is 2.18. The van der Waals surface area contributed by atoms with Crippen LogP contribution in [0.3, 0.4) is 0 Å². The molecule has 0 aliphatic rings. The van der Waals surface area contributed by atoms with E-state index < -0.39 is 4.92 Å². The minimum Gasteiger partial charge on any atom is -0.361 e. The van der Waals surface area contributed by atoms with E-state index in [1.54, 1.807) is 6.08 Å². The third-order valence-electron chi connectivity index (χ3n) is 2.22. The highest BCUT2D eigenvalue weighted by atomic mass is 16.6. The molecule has 0 bridgehead atoms. The van der Waals surface area contributed by atoms with E-state index in [1.165, 1.54) is 6.08 Å². The highest BCUT2D eigenvalue weighted by molar-refractivity contribution is 5.88. The van der Waals surface area contributed by atoms with Crippen LogP contribution in [0.25, 0.3) is 17.0 Å². The van der Waals surface area contributed by atoms with Crippen molar-refractivity contribution in [2.45, 2.75) is 0 Å². The zero-order valence-corrected chi connectivity index (χ0v) is 8.46. The van der Waals surface area contributed by atoms with Crippen LogP contribution in [0.4, 0.5) is 0 Å². The molecule has 2 rings (SSSR count). The smallest absolute Gasteiger partial charge is 0.234 e. The minimum atomic E-state index is -0.487. The molecule has 0 saturated heterocycles. The Kier molecular flexibility index (Phi) is 2.82. The van der Waals surface area contributed by atoms with Crippen molar-refractivity contribution in [3.05, 3.63) is 64.5 Å². The lowest BCUT2D eigenvalue weighted by atomic mass is 10.1. The van der Waals surface area contributed by atoms with Crippen LogP contribution in [-0.2, 0) is 0 Å². The van der Waals surface area contributed by atoms with Gasteiger partial charge in [0.15, 0.2) is 0 Å². The number of hydrogen-bond acceptors (Lipinski definition) is 2. The Morgan fingerprint density at radius 1 is 1.25 bits per heavy atom. The first-order valence-corrected chi connectivity index (χ1v) is 4.82. The van der Waals surface area contributed by atoms with E-state index in [9.17, 15) is 10.1 Å². The van der Waals surface area contributed by atoms with Gasteiger partial charge in [0.2, 0.25) is 6.20 Å². The number of rotatable bonds is 3. The summed E-state index contributed by atoms with van der Waals surface area (Å²) >= 11 is 0. The van der Waals surface area contributed by atoms with Crippen LogP contribution >= 0.6 is 0 Å². The molecule has 0 atom stereocenters. The molecule has 1 heterocycles. The molecule has 4 nitrogen and oxygen atoms in total. The van der Waals surface area contributed by atoms with E-state index in [1.807, 2.05) is 36.5 Å². The lowest BCUT2D eigenvalue weighted by molar-refractivity contribution is -0.402. The molecular formula is C12H10N2O2. The minimum absolute atomic E-state index is 0.487. The topological polar surface area (TPSA) is 58.9 Å². The fourth-order valence-corrected chi connectivity index (χ4v) is 1.51.